The SMILES string of the molecule is CCCCOc1ccc(C(=O)Oc2ccc(N=Nc3ccc4ccccc4c3)cc2Cl)cc1. The van der Waals surface area contributed by atoms with Gasteiger partial charge in [0.2, 0.25) is 0 Å². The van der Waals surface area contributed by atoms with Crippen molar-refractivity contribution in [2.24, 2.45) is 10.2 Å². The molecule has 4 aromatic rings. The first-order valence-electron chi connectivity index (χ1n) is 10.8. The van der Waals surface area contributed by atoms with Gasteiger partial charge in [0, 0.05) is 0 Å². The molecule has 4 aromatic carbocycles. The number of hydrogen-bond acceptors (Lipinski definition) is 5. The molecular weight excluding hydrogens is 436 g/mol. The minimum absolute atomic E-state index is 0.259. The van der Waals surface area contributed by atoms with Crippen LogP contribution < -0.4 is 9.47 Å². The number of hydrogen-bond donors (Lipinski definition) is 0. The Bertz CT molecular complexity index is 1290. The van der Waals surface area contributed by atoms with E-state index in [2.05, 4.69) is 17.2 Å². The van der Waals surface area contributed by atoms with Crippen molar-refractivity contribution in [1.82, 2.24) is 0 Å². The van der Waals surface area contributed by atoms with Gasteiger partial charge in [-0.25, -0.2) is 4.79 Å². The van der Waals surface area contributed by atoms with Crippen molar-refractivity contribution in [2.75, 3.05) is 6.61 Å². The maximum atomic E-state index is 12.5. The number of esters is 1. The Balaban J connectivity index is 1.40. The zero-order valence-electron chi connectivity index (χ0n) is 18.2. The molecule has 0 radical (unpaired) electrons. The Hall–Kier alpha value is -3.70. The maximum absolute atomic E-state index is 12.5. The van der Waals surface area contributed by atoms with Crippen molar-refractivity contribution in [3.8, 4) is 11.5 Å². The topological polar surface area (TPSA) is 60.2 Å². The van der Waals surface area contributed by atoms with Gasteiger partial charge in [0.1, 0.15) is 11.5 Å². The number of nitrogens with zero attached hydrogens (tertiary/aromatic N) is 2. The number of carbonyl (C=O) groups is 1. The Morgan fingerprint density at radius 2 is 1.55 bits per heavy atom. The van der Waals surface area contributed by atoms with Crippen LogP contribution in [0.3, 0.4) is 0 Å². The lowest BCUT2D eigenvalue weighted by Gasteiger charge is -2.08. The molecule has 0 spiro atoms. The van der Waals surface area contributed by atoms with Gasteiger partial charge in [-0.15, -0.1) is 0 Å². The lowest BCUT2D eigenvalue weighted by Crippen LogP contribution is -2.08. The Kier molecular flexibility index (Phi) is 7.33. The highest BCUT2D eigenvalue weighted by molar-refractivity contribution is 6.32. The van der Waals surface area contributed by atoms with E-state index in [0.717, 1.165) is 35.1 Å². The largest absolute Gasteiger partial charge is 0.494 e. The molecule has 4 rings (SSSR count). The van der Waals surface area contributed by atoms with Gasteiger partial charge >= 0.3 is 5.97 Å². The number of benzene rings is 4. The fourth-order valence-electron chi connectivity index (χ4n) is 3.17. The van der Waals surface area contributed by atoms with Gasteiger partial charge in [-0.3, -0.25) is 0 Å². The highest BCUT2D eigenvalue weighted by Crippen LogP contribution is 2.31. The van der Waals surface area contributed by atoms with Crippen molar-refractivity contribution in [1.29, 1.82) is 0 Å². The normalized spacial score (nSPS) is 11.1. The van der Waals surface area contributed by atoms with Crippen LogP contribution in [-0.4, -0.2) is 12.6 Å². The van der Waals surface area contributed by atoms with Crippen LogP contribution in [0.15, 0.2) is 95.2 Å². The van der Waals surface area contributed by atoms with Gasteiger partial charge in [0.05, 0.1) is 28.6 Å². The van der Waals surface area contributed by atoms with Crippen molar-refractivity contribution in [3.05, 3.63) is 95.5 Å². The third kappa shape index (κ3) is 5.96. The van der Waals surface area contributed by atoms with Gasteiger partial charge in [-0.05, 0) is 71.8 Å². The molecule has 0 unspecified atom stereocenters. The van der Waals surface area contributed by atoms with Gasteiger partial charge in [0.15, 0.2) is 0 Å². The van der Waals surface area contributed by atoms with E-state index in [-0.39, 0.29) is 10.8 Å². The summed E-state index contributed by atoms with van der Waals surface area (Å²) in [6.45, 7) is 2.76. The summed E-state index contributed by atoms with van der Waals surface area (Å²) in [5, 5.41) is 11.0. The van der Waals surface area contributed by atoms with E-state index >= 15 is 0 Å². The van der Waals surface area contributed by atoms with Crippen LogP contribution in [-0.2, 0) is 0 Å². The second-order valence-electron chi connectivity index (χ2n) is 7.46. The van der Waals surface area contributed by atoms with E-state index in [4.69, 9.17) is 21.1 Å². The molecule has 166 valence electrons. The molecule has 0 aliphatic carbocycles. The van der Waals surface area contributed by atoms with Crippen LogP contribution in [0, 0.1) is 0 Å². The first kappa shape index (κ1) is 22.5. The molecule has 5 nitrogen and oxygen atoms in total. The molecular formula is C27H23ClN2O3. The molecule has 0 heterocycles. The molecule has 33 heavy (non-hydrogen) atoms. The highest BCUT2D eigenvalue weighted by atomic mass is 35.5. The molecule has 0 N–H and O–H groups in total. The van der Waals surface area contributed by atoms with E-state index in [9.17, 15) is 4.79 Å². The van der Waals surface area contributed by atoms with Crippen LogP contribution in [0.1, 0.15) is 30.1 Å². The number of azo groups is 1. The molecule has 0 atom stereocenters. The molecule has 0 saturated heterocycles. The van der Waals surface area contributed by atoms with Crippen LogP contribution in [0.25, 0.3) is 10.8 Å². The molecule has 0 amide bonds. The number of unbranched alkanes of at least 4 members (excludes halogenated alkanes) is 1. The Morgan fingerprint density at radius 1 is 0.848 bits per heavy atom. The number of carbonyl (C=O) groups excluding carboxylic acids is 1. The van der Waals surface area contributed by atoms with E-state index in [0.29, 0.717) is 17.9 Å². The lowest BCUT2D eigenvalue weighted by molar-refractivity contribution is 0.0735. The lowest BCUT2D eigenvalue weighted by atomic mass is 10.1. The molecule has 0 saturated carbocycles. The minimum atomic E-state index is -0.498. The third-order valence-corrected chi connectivity index (χ3v) is 5.28. The zero-order valence-corrected chi connectivity index (χ0v) is 19.0. The standard InChI is InChI=1S/C27H23ClN2O3/c1-2-3-16-32-24-13-9-20(10-14-24)27(31)33-26-15-12-23(18-25(26)28)30-29-22-11-8-19-6-4-5-7-21(19)17-22/h4-15,17-18H,2-3,16H2,1H3. The van der Waals surface area contributed by atoms with Crippen LogP contribution in [0.2, 0.25) is 5.02 Å². The molecule has 0 aromatic heterocycles. The number of halogens is 1. The molecule has 0 bridgehead atoms. The van der Waals surface area contributed by atoms with Gasteiger partial charge in [0.25, 0.3) is 0 Å². The Labute approximate surface area is 197 Å². The highest BCUT2D eigenvalue weighted by Gasteiger charge is 2.12. The summed E-state index contributed by atoms with van der Waals surface area (Å²) in [4.78, 5) is 12.5. The number of ether oxygens (including phenoxy) is 2. The van der Waals surface area contributed by atoms with E-state index in [1.54, 1.807) is 42.5 Å². The summed E-state index contributed by atoms with van der Waals surface area (Å²) in [6, 6.07) is 25.7. The summed E-state index contributed by atoms with van der Waals surface area (Å²) in [5.41, 5.74) is 1.71. The van der Waals surface area contributed by atoms with Crippen LogP contribution in [0.4, 0.5) is 11.4 Å². The zero-order chi connectivity index (χ0) is 23.0. The molecule has 0 fully saturated rings. The average molecular weight is 459 g/mol. The van der Waals surface area contributed by atoms with E-state index in [1.165, 1.54) is 0 Å². The summed E-state index contributed by atoms with van der Waals surface area (Å²) < 4.78 is 11.1. The second kappa shape index (κ2) is 10.7. The van der Waals surface area contributed by atoms with Crippen molar-refractivity contribution < 1.29 is 14.3 Å². The maximum Gasteiger partial charge on any atom is 0.343 e. The van der Waals surface area contributed by atoms with Crippen LogP contribution in [0.5, 0.6) is 11.5 Å². The van der Waals surface area contributed by atoms with Gasteiger partial charge in [-0.1, -0.05) is 55.3 Å². The summed E-state index contributed by atoms with van der Waals surface area (Å²) >= 11 is 6.32. The van der Waals surface area contributed by atoms with Crippen molar-refractivity contribution >= 4 is 39.7 Å². The summed E-state index contributed by atoms with van der Waals surface area (Å²) in [7, 11) is 0. The fraction of sp³-hybridized carbons (Fsp3) is 0.148. The predicted molar refractivity (Wildman–Crippen MR) is 131 cm³/mol. The molecule has 0 aliphatic rings. The third-order valence-electron chi connectivity index (χ3n) is 4.99. The number of rotatable bonds is 8. The Morgan fingerprint density at radius 3 is 2.27 bits per heavy atom. The first-order valence-corrected chi connectivity index (χ1v) is 11.2. The summed E-state index contributed by atoms with van der Waals surface area (Å²) in [6.07, 6.45) is 2.05. The predicted octanol–water partition coefficient (Wildman–Crippen LogP) is 8.31. The van der Waals surface area contributed by atoms with Crippen molar-refractivity contribution in [2.45, 2.75) is 19.8 Å². The molecule has 6 heteroatoms. The minimum Gasteiger partial charge on any atom is -0.494 e. The van der Waals surface area contributed by atoms with Gasteiger partial charge in [-0.2, -0.15) is 10.2 Å². The van der Waals surface area contributed by atoms with Crippen LogP contribution >= 0.6 is 11.6 Å². The first-order chi connectivity index (χ1) is 16.1. The quantitative estimate of drug-likeness (QED) is 0.115. The summed E-state index contributed by atoms with van der Waals surface area (Å²) in [5.74, 6) is 0.483. The second-order valence-corrected chi connectivity index (χ2v) is 7.87. The molecule has 0 aliphatic heterocycles. The van der Waals surface area contributed by atoms with E-state index < -0.39 is 5.97 Å². The van der Waals surface area contributed by atoms with E-state index in [1.807, 2.05) is 42.5 Å². The average Bonchev–Trinajstić information content (AvgIpc) is 2.84. The number of fused-ring (bicyclic) bond motifs is 1. The monoisotopic (exact) mass is 458 g/mol. The van der Waals surface area contributed by atoms with Crippen molar-refractivity contribution in [3.63, 3.8) is 0 Å². The van der Waals surface area contributed by atoms with Gasteiger partial charge < -0.3 is 9.47 Å². The fourth-order valence-corrected chi connectivity index (χ4v) is 3.38. The smallest absolute Gasteiger partial charge is 0.343 e.